The first-order chi connectivity index (χ1) is 14.4. The molecular formula is C23H21ClN2O3S. The Bertz CT molecular complexity index is 1190. The fourth-order valence-corrected chi connectivity index (χ4v) is 5.24. The lowest BCUT2D eigenvalue weighted by atomic mass is 10.1. The van der Waals surface area contributed by atoms with Gasteiger partial charge in [-0.25, -0.2) is 8.42 Å². The van der Waals surface area contributed by atoms with E-state index >= 15 is 0 Å². The average molecular weight is 441 g/mol. The summed E-state index contributed by atoms with van der Waals surface area (Å²) in [6.07, 6.45) is 0. The number of rotatable bonds is 4. The lowest BCUT2D eigenvalue weighted by Gasteiger charge is -2.22. The molecular weight excluding hydrogens is 420 g/mol. The summed E-state index contributed by atoms with van der Waals surface area (Å²) in [4.78, 5) is 14.9. The first kappa shape index (κ1) is 20.6. The summed E-state index contributed by atoms with van der Waals surface area (Å²) in [7, 11) is -3.85. The number of hydrogen-bond acceptors (Lipinski definition) is 3. The van der Waals surface area contributed by atoms with Crippen molar-refractivity contribution in [2.75, 3.05) is 11.4 Å². The number of halogens is 1. The molecule has 0 atom stereocenters. The van der Waals surface area contributed by atoms with Crippen molar-refractivity contribution in [3.63, 3.8) is 0 Å². The second kappa shape index (κ2) is 8.22. The van der Waals surface area contributed by atoms with Crippen LogP contribution < -0.4 is 4.90 Å². The maximum atomic E-state index is 13.5. The van der Waals surface area contributed by atoms with Crippen LogP contribution in [0, 0.1) is 6.92 Å². The number of anilines is 1. The van der Waals surface area contributed by atoms with Crippen molar-refractivity contribution < 1.29 is 13.2 Å². The second-order valence-electron chi connectivity index (χ2n) is 7.27. The van der Waals surface area contributed by atoms with Crippen molar-refractivity contribution in [1.82, 2.24) is 4.31 Å². The van der Waals surface area contributed by atoms with Gasteiger partial charge in [0.2, 0.25) is 15.9 Å². The Kier molecular flexibility index (Phi) is 5.64. The summed E-state index contributed by atoms with van der Waals surface area (Å²) in [6.45, 7) is 2.12. The molecule has 3 aromatic rings. The number of carbonyl (C=O) groups is 1. The van der Waals surface area contributed by atoms with E-state index in [0.29, 0.717) is 10.7 Å². The van der Waals surface area contributed by atoms with Gasteiger partial charge in [0.05, 0.1) is 18.8 Å². The van der Waals surface area contributed by atoms with Gasteiger partial charge in [-0.15, -0.1) is 0 Å². The van der Waals surface area contributed by atoms with Gasteiger partial charge in [-0.05, 0) is 47.9 Å². The Morgan fingerprint density at radius 1 is 0.900 bits per heavy atom. The van der Waals surface area contributed by atoms with Crippen LogP contribution >= 0.6 is 11.6 Å². The van der Waals surface area contributed by atoms with Crippen LogP contribution in [0.1, 0.15) is 16.7 Å². The Labute approximate surface area is 181 Å². The van der Waals surface area contributed by atoms with Crippen molar-refractivity contribution >= 4 is 33.2 Å². The van der Waals surface area contributed by atoms with Crippen LogP contribution in [0.25, 0.3) is 0 Å². The van der Waals surface area contributed by atoms with Gasteiger partial charge in [-0.2, -0.15) is 4.31 Å². The van der Waals surface area contributed by atoms with Gasteiger partial charge < -0.3 is 4.90 Å². The van der Waals surface area contributed by atoms with Crippen molar-refractivity contribution in [3.05, 3.63) is 94.5 Å². The Balaban J connectivity index is 1.75. The van der Waals surface area contributed by atoms with Gasteiger partial charge in [0.15, 0.2) is 0 Å². The van der Waals surface area contributed by atoms with E-state index in [4.69, 9.17) is 11.6 Å². The number of carbonyl (C=O) groups excluding carboxylic acids is 1. The molecule has 1 aliphatic heterocycles. The minimum absolute atomic E-state index is 0.137. The molecule has 0 N–H and O–H groups in total. The fraction of sp³-hybridized carbons (Fsp3) is 0.174. The molecule has 7 heteroatoms. The van der Waals surface area contributed by atoms with Crippen LogP contribution in [0.5, 0.6) is 0 Å². The monoisotopic (exact) mass is 440 g/mol. The molecule has 3 aromatic carbocycles. The molecule has 0 saturated carbocycles. The van der Waals surface area contributed by atoms with Gasteiger partial charge in [-0.1, -0.05) is 60.1 Å². The standard InChI is InChI=1S/C23H21ClN2O3S/c1-17-6-2-3-7-19(17)15-25-16-23(27)26(14-18-10-12-20(24)13-11-18)21-8-4-5-9-22(21)30(25,28)29/h2-13H,14-16H2,1H3. The molecule has 0 radical (unpaired) electrons. The highest BCUT2D eigenvalue weighted by molar-refractivity contribution is 7.89. The van der Waals surface area contributed by atoms with E-state index in [2.05, 4.69) is 0 Å². The maximum absolute atomic E-state index is 13.5. The minimum Gasteiger partial charge on any atom is -0.305 e. The topological polar surface area (TPSA) is 57.7 Å². The molecule has 1 heterocycles. The normalized spacial score (nSPS) is 16.2. The molecule has 30 heavy (non-hydrogen) atoms. The smallest absolute Gasteiger partial charge is 0.245 e. The highest BCUT2D eigenvalue weighted by Crippen LogP contribution is 2.33. The third kappa shape index (κ3) is 3.99. The largest absolute Gasteiger partial charge is 0.305 e. The van der Waals surface area contributed by atoms with E-state index in [1.54, 1.807) is 36.4 Å². The lowest BCUT2D eigenvalue weighted by Crippen LogP contribution is -2.38. The third-order valence-electron chi connectivity index (χ3n) is 5.25. The van der Waals surface area contributed by atoms with E-state index in [0.717, 1.165) is 16.7 Å². The van der Waals surface area contributed by atoms with Gasteiger partial charge in [0, 0.05) is 11.6 Å². The first-order valence-electron chi connectivity index (χ1n) is 9.55. The molecule has 0 unspecified atom stereocenters. The van der Waals surface area contributed by atoms with E-state index in [9.17, 15) is 13.2 Å². The van der Waals surface area contributed by atoms with Gasteiger partial charge in [0.1, 0.15) is 4.90 Å². The maximum Gasteiger partial charge on any atom is 0.245 e. The Morgan fingerprint density at radius 2 is 1.57 bits per heavy atom. The lowest BCUT2D eigenvalue weighted by molar-refractivity contribution is -0.119. The number of para-hydroxylation sites is 1. The molecule has 0 aromatic heterocycles. The molecule has 0 aliphatic carbocycles. The molecule has 4 rings (SSSR count). The molecule has 1 amide bonds. The van der Waals surface area contributed by atoms with Crippen LogP contribution in [0.15, 0.2) is 77.7 Å². The summed E-state index contributed by atoms with van der Waals surface area (Å²) >= 11 is 5.97. The minimum atomic E-state index is -3.85. The van der Waals surface area contributed by atoms with E-state index in [1.165, 1.54) is 9.21 Å². The predicted molar refractivity (Wildman–Crippen MR) is 118 cm³/mol. The van der Waals surface area contributed by atoms with Gasteiger partial charge >= 0.3 is 0 Å². The zero-order chi connectivity index (χ0) is 21.3. The van der Waals surface area contributed by atoms with Crippen LogP contribution in [0.4, 0.5) is 5.69 Å². The second-order valence-corrected chi connectivity index (χ2v) is 9.62. The third-order valence-corrected chi connectivity index (χ3v) is 7.34. The SMILES string of the molecule is Cc1ccccc1CN1CC(=O)N(Cc2ccc(Cl)cc2)c2ccccc2S1(=O)=O. The van der Waals surface area contributed by atoms with Crippen molar-refractivity contribution in [2.24, 2.45) is 0 Å². The number of hydrogen-bond donors (Lipinski definition) is 0. The van der Waals surface area contributed by atoms with Crippen LogP contribution in [0.3, 0.4) is 0 Å². The number of amides is 1. The van der Waals surface area contributed by atoms with Gasteiger partial charge in [0.25, 0.3) is 0 Å². The van der Waals surface area contributed by atoms with E-state index in [-0.39, 0.29) is 30.4 Å². The number of nitrogens with zero attached hydrogens (tertiary/aromatic N) is 2. The fourth-order valence-electron chi connectivity index (χ4n) is 3.56. The molecule has 1 aliphatic rings. The summed E-state index contributed by atoms with van der Waals surface area (Å²) < 4.78 is 28.2. The summed E-state index contributed by atoms with van der Waals surface area (Å²) in [6, 6.07) is 21.4. The molecule has 0 spiro atoms. The van der Waals surface area contributed by atoms with Crippen LogP contribution in [-0.2, 0) is 27.9 Å². The first-order valence-corrected chi connectivity index (χ1v) is 11.4. The van der Waals surface area contributed by atoms with Gasteiger partial charge in [-0.3, -0.25) is 4.79 Å². The average Bonchev–Trinajstić information content (AvgIpc) is 2.80. The Morgan fingerprint density at radius 3 is 2.30 bits per heavy atom. The van der Waals surface area contributed by atoms with Crippen molar-refractivity contribution in [2.45, 2.75) is 24.9 Å². The molecule has 0 bridgehead atoms. The number of aryl methyl sites for hydroxylation is 1. The van der Waals surface area contributed by atoms with Crippen LogP contribution in [0.2, 0.25) is 5.02 Å². The molecule has 0 fully saturated rings. The summed E-state index contributed by atoms with van der Waals surface area (Å²) in [5, 5.41) is 0.605. The van der Waals surface area contributed by atoms with E-state index < -0.39 is 10.0 Å². The molecule has 0 saturated heterocycles. The predicted octanol–water partition coefficient (Wildman–Crippen LogP) is 4.39. The summed E-state index contributed by atoms with van der Waals surface area (Å²) in [5.74, 6) is -0.271. The molecule has 154 valence electrons. The quantitative estimate of drug-likeness (QED) is 0.604. The zero-order valence-electron chi connectivity index (χ0n) is 16.5. The van der Waals surface area contributed by atoms with Crippen molar-refractivity contribution in [1.29, 1.82) is 0 Å². The van der Waals surface area contributed by atoms with Crippen molar-refractivity contribution in [3.8, 4) is 0 Å². The highest BCUT2D eigenvalue weighted by Gasteiger charge is 2.36. The number of sulfonamides is 1. The molecule has 5 nitrogen and oxygen atoms in total. The van der Waals surface area contributed by atoms with Crippen LogP contribution in [-0.4, -0.2) is 25.2 Å². The number of fused-ring (bicyclic) bond motifs is 1. The highest BCUT2D eigenvalue weighted by atomic mass is 35.5. The number of benzene rings is 3. The Hall–Kier alpha value is -2.67. The zero-order valence-corrected chi connectivity index (χ0v) is 18.0. The van der Waals surface area contributed by atoms with E-state index in [1.807, 2.05) is 43.3 Å². The summed E-state index contributed by atoms with van der Waals surface area (Å²) in [5.41, 5.74) is 3.12.